The molecule has 0 bridgehead atoms. The van der Waals surface area contributed by atoms with E-state index in [0.717, 1.165) is 11.1 Å². The lowest BCUT2D eigenvalue weighted by Gasteiger charge is -2.10. The van der Waals surface area contributed by atoms with Crippen molar-refractivity contribution in [2.45, 2.75) is 26.4 Å². The van der Waals surface area contributed by atoms with E-state index >= 15 is 0 Å². The number of nitrogens with zero attached hydrogens (tertiary/aromatic N) is 2. The summed E-state index contributed by atoms with van der Waals surface area (Å²) in [7, 11) is 1.88. The second kappa shape index (κ2) is 4.22. The Morgan fingerprint density at radius 2 is 2.19 bits per heavy atom. The van der Waals surface area contributed by atoms with Gasteiger partial charge < -0.3 is 5.32 Å². The molecule has 1 aromatic heterocycles. The molecule has 4 heteroatoms. The lowest BCUT2D eigenvalue weighted by molar-refractivity contribution is 0.504. The molecule has 0 amide bonds. The van der Waals surface area contributed by atoms with E-state index in [0.29, 0.717) is 12.1 Å². The Balaban J connectivity index is 2.70. The topological polar surface area (TPSA) is 29.9 Å². The van der Waals surface area contributed by atoms with Gasteiger partial charge in [0.05, 0.1) is 5.69 Å². The molecular formula is C12H16FN3. The van der Waals surface area contributed by atoms with E-state index < -0.39 is 0 Å². The molecule has 1 heterocycles. The van der Waals surface area contributed by atoms with Crippen LogP contribution >= 0.6 is 0 Å². The summed E-state index contributed by atoms with van der Waals surface area (Å²) in [6, 6.07) is 5.32. The minimum Gasteiger partial charge on any atom is -0.314 e. The Kier molecular flexibility index (Phi) is 2.92. The predicted molar refractivity (Wildman–Crippen MR) is 62.8 cm³/mol. The number of benzene rings is 1. The number of rotatable bonds is 3. The van der Waals surface area contributed by atoms with Crippen molar-refractivity contribution in [3.8, 4) is 0 Å². The van der Waals surface area contributed by atoms with Crippen molar-refractivity contribution in [3.63, 3.8) is 0 Å². The van der Waals surface area contributed by atoms with E-state index in [-0.39, 0.29) is 11.9 Å². The molecule has 0 spiro atoms. The molecule has 0 aliphatic carbocycles. The number of nitrogens with one attached hydrogen (secondary N) is 1. The van der Waals surface area contributed by atoms with Gasteiger partial charge in [-0.1, -0.05) is 12.1 Å². The number of hydrogen-bond acceptors (Lipinski definition) is 2. The second-order valence-corrected chi connectivity index (χ2v) is 4.15. The average molecular weight is 221 g/mol. The standard InChI is InChI=1S/C12H16FN3/c1-8(2)16-11(7-14-3)9-5-4-6-10(13)12(9)15-16/h4-6,8,14H,7H2,1-3H3. The van der Waals surface area contributed by atoms with Crippen LogP contribution in [0, 0.1) is 5.82 Å². The zero-order chi connectivity index (χ0) is 11.7. The molecule has 2 aromatic rings. The first-order valence-electron chi connectivity index (χ1n) is 5.45. The summed E-state index contributed by atoms with van der Waals surface area (Å²) in [4.78, 5) is 0. The zero-order valence-corrected chi connectivity index (χ0v) is 9.79. The molecule has 0 aliphatic rings. The van der Waals surface area contributed by atoms with Crippen LogP contribution in [0.25, 0.3) is 10.9 Å². The van der Waals surface area contributed by atoms with Gasteiger partial charge in [-0.3, -0.25) is 4.68 Å². The maximum atomic E-state index is 13.6. The molecule has 16 heavy (non-hydrogen) atoms. The largest absolute Gasteiger partial charge is 0.314 e. The number of halogens is 1. The Morgan fingerprint density at radius 1 is 1.44 bits per heavy atom. The van der Waals surface area contributed by atoms with Crippen molar-refractivity contribution < 1.29 is 4.39 Å². The molecule has 3 nitrogen and oxygen atoms in total. The molecule has 0 saturated heterocycles. The third kappa shape index (κ3) is 1.69. The minimum absolute atomic E-state index is 0.232. The van der Waals surface area contributed by atoms with Crippen molar-refractivity contribution in [3.05, 3.63) is 29.7 Å². The second-order valence-electron chi connectivity index (χ2n) is 4.15. The maximum absolute atomic E-state index is 13.6. The third-order valence-electron chi connectivity index (χ3n) is 2.62. The van der Waals surface area contributed by atoms with E-state index in [9.17, 15) is 4.39 Å². The SMILES string of the molecule is CNCc1c2cccc(F)c2nn1C(C)C. The first kappa shape index (κ1) is 11.1. The summed E-state index contributed by atoms with van der Waals surface area (Å²) in [5.41, 5.74) is 1.49. The van der Waals surface area contributed by atoms with Crippen LogP contribution in [-0.4, -0.2) is 16.8 Å². The van der Waals surface area contributed by atoms with Crippen LogP contribution in [0.15, 0.2) is 18.2 Å². The van der Waals surface area contributed by atoms with Gasteiger partial charge in [0.1, 0.15) is 5.52 Å². The Labute approximate surface area is 94.3 Å². The van der Waals surface area contributed by atoms with E-state index in [1.807, 2.05) is 31.6 Å². The molecular weight excluding hydrogens is 205 g/mol. The summed E-state index contributed by atoms with van der Waals surface area (Å²) in [6.45, 7) is 4.78. The van der Waals surface area contributed by atoms with E-state index in [2.05, 4.69) is 10.4 Å². The number of hydrogen-bond donors (Lipinski definition) is 1. The number of aromatic nitrogens is 2. The Hall–Kier alpha value is -1.42. The van der Waals surface area contributed by atoms with Gasteiger partial charge in [-0.05, 0) is 27.0 Å². The van der Waals surface area contributed by atoms with Gasteiger partial charge in [0, 0.05) is 18.0 Å². The van der Waals surface area contributed by atoms with Crippen LogP contribution in [0.4, 0.5) is 4.39 Å². The maximum Gasteiger partial charge on any atom is 0.151 e. The zero-order valence-electron chi connectivity index (χ0n) is 9.79. The lowest BCUT2D eigenvalue weighted by atomic mass is 10.2. The van der Waals surface area contributed by atoms with E-state index in [1.165, 1.54) is 6.07 Å². The van der Waals surface area contributed by atoms with Crippen LogP contribution in [-0.2, 0) is 6.54 Å². The molecule has 0 atom stereocenters. The first-order chi connectivity index (χ1) is 7.65. The molecule has 86 valence electrons. The first-order valence-corrected chi connectivity index (χ1v) is 5.45. The lowest BCUT2D eigenvalue weighted by Crippen LogP contribution is -2.13. The Morgan fingerprint density at radius 3 is 2.81 bits per heavy atom. The fraction of sp³-hybridized carbons (Fsp3) is 0.417. The van der Waals surface area contributed by atoms with Crippen LogP contribution in [0.5, 0.6) is 0 Å². The molecule has 0 radical (unpaired) electrons. The fourth-order valence-corrected chi connectivity index (χ4v) is 1.91. The summed E-state index contributed by atoms with van der Waals surface area (Å²) < 4.78 is 15.5. The quantitative estimate of drug-likeness (QED) is 0.863. The molecule has 0 unspecified atom stereocenters. The summed E-state index contributed by atoms with van der Waals surface area (Å²) >= 11 is 0. The highest BCUT2D eigenvalue weighted by Crippen LogP contribution is 2.23. The molecule has 1 aromatic carbocycles. The van der Waals surface area contributed by atoms with E-state index in [4.69, 9.17) is 0 Å². The van der Waals surface area contributed by atoms with Gasteiger partial charge >= 0.3 is 0 Å². The third-order valence-corrected chi connectivity index (χ3v) is 2.62. The van der Waals surface area contributed by atoms with Gasteiger partial charge in [-0.15, -0.1) is 0 Å². The van der Waals surface area contributed by atoms with Crippen LogP contribution in [0.2, 0.25) is 0 Å². The van der Waals surface area contributed by atoms with Gasteiger partial charge in [0.25, 0.3) is 0 Å². The summed E-state index contributed by atoms with van der Waals surface area (Å²) in [5, 5.41) is 8.32. The van der Waals surface area contributed by atoms with Gasteiger partial charge in [-0.2, -0.15) is 5.10 Å². The number of fused-ring (bicyclic) bond motifs is 1. The normalized spacial score (nSPS) is 11.6. The summed E-state index contributed by atoms with van der Waals surface area (Å²) in [5.74, 6) is -0.255. The molecule has 0 fully saturated rings. The molecule has 1 N–H and O–H groups in total. The van der Waals surface area contributed by atoms with Gasteiger partial charge in [-0.25, -0.2) is 4.39 Å². The smallest absolute Gasteiger partial charge is 0.151 e. The van der Waals surface area contributed by atoms with Crippen molar-refractivity contribution >= 4 is 10.9 Å². The summed E-state index contributed by atoms with van der Waals surface area (Å²) in [6.07, 6.45) is 0. The van der Waals surface area contributed by atoms with Crippen LogP contribution in [0.1, 0.15) is 25.6 Å². The highest BCUT2D eigenvalue weighted by molar-refractivity contribution is 5.82. The highest BCUT2D eigenvalue weighted by Gasteiger charge is 2.14. The monoisotopic (exact) mass is 221 g/mol. The van der Waals surface area contributed by atoms with Crippen LogP contribution < -0.4 is 5.32 Å². The Bertz CT molecular complexity index is 502. The van der Waals surface area contributed by atoms with Crippen molar-refractivity contribution in [2.24, 2.45) is 0 Å². The van der Waals surface area contributed by atoms with Crippen molar-refractivity contribution in [2.75, 3.05) is 7.05 Å². The molecule has 0 saturated carbocycles. The van der Waals surface area contributed by atoms with Crippen LogP contribution in [0.3, 0.4) is 0 Å². The van der Waals surface area contributed by atoms with Gasteiger partial charge in [0.15, 0.2) is 5.82 Å². The molecule has 2 rings (SSSR count). The molecule has 0 aliphatic heterocycles. The highest BCUT2D eigenvalue weighted by atomic mass is 19.1. The predicted octanol–water partition coefficient (Wildman–Crippen LogP) is 2.48. The van der Waals surface area contributed by atoms with Gasteiger partial charge in [0.2, 0.25) is 0 Å². The minimum atomic E-state index is -0.255. The van der Waals surface area contributed by atoms with Crippen molar-refractivity contribution in [1.82, 2.24) is 15.1 Å². The van der Waals surface area contributed by atoms with Crippen molar-refractivity contribution in [1.29, 1.82) is 0 Å². The average Bonchev–Trinajstić information content (AvgIpc) is 2.60. The van der Waals surface area contributed by atoms with E-state index in [1.54, 1.807) is 6.07 Å². The fourth-order valence-electron chi connectivity index (χ4n) is 1.91.